The normalized spacial score (nSPS) is 13.1. The van der Waals surface area contributed by atoms with Crippen molar-refractivity contribution in [3.63, 3.8) is 0 Å². The third-order valence-electron chi connectivity index (χ3n) is 2.25. The van der Waals surface area contributed by atoms with Crippen LogP contribution in [0.1, 0.15) is 38.1 Å². The SMILES string of the molecule is CNCCc1oc(C(F)(F)F)nc1C(C)(C)C. The highest BCUT2D eigenvalue weighted by Crippen LogP contribution is 2.34. The van der Waals surface area contributed by atoms with Crippen molar-refractivity contribution in [1.29, 1.82) is 0 Å². The van der Waals surface area contributed by atoms with Crippen LogP contribution >= 0.6 is 0 Å². The fourth-order valence-corrected chi connectivity index (χ4v) is 1.47. The van der Waals surface area contributed by atoms with Gasteiger partial charge in [-0.2, -0.15) is 13.2 Å². The Hall–Kier alpha value is -1.04. The number of nitrogens with one attached hydrogen (secondary N) is 1. The van der Waals surface area contributed by atoms with Gasteiger partial charge in [0.25, 0.3) is 0 Å². The van der Waals surface area contributed by atoms with E-state index >= 15 is 0 Å². The summed E-state index contributed by atoms with van der Waals surface area (Å²) in [6.45, 7) is 5.99. The fourth-order valence-electron chi connectivity index (χ4n) is 1.47. The highest BCUT2D eigenvalue weighted by Gasteiger charge is 2.39. The first-order valence-corrected chi connectivity index (χ1v) is 5.38. The predicted molar refractivity (Wildman–Crippen MR) is 57.8 cm³/mol. The number of halogens is 3. The number of nitrogens with zero attached hydrogens (tertiary/aromatic N) is 1. The maximum atomic E-state index is 12.5. The summed E-state index contributed by atoms with van der Waals surface area (Å²) in [7, 11) is 1.73. The summed E-state index contributed by atoms with van der Waals surface area (Å²) < 4.78 is 42.4. The second kappa shape index (κ2) is 4.68. The van der Waals surface area contributed by atoms with Gasteiger partial charge >= 0.3 is 12.1 Å². The van der Waals surface area contributed by atoms with Gasteiger partial charge in [0.2, 0.25) is 0 Å². The van der Waals surface area contributed by atoms with E-state index in [9.17, 15) is 13.2 Å². The molecule has 0 atom stereocenters. The lowest BCUT2D eigenvalue weighted by Gasteiger charge is -2.16. The molecular formula is C11H17F3N2O. The molecule has 0 saturated heterocycles. The number of oxazole rings is 1. The van der Waals surface area contributed by atoms with Crippen LogP contribution in [0, 0.1) is 0 Å². The summed E-state index contributed by atoms with van der Waals surface area (Å²) in [5, 5.41) is 2.87. The van der Waals surface area contributed by atoms with Gasteiger partial charge in [-0.3, -0.25) is 0 Å². The van der Waals surface area contributed by atoms with Gasteiger partial charge in [-0.1, -0.05) is 20.8 Å². The van der Waals surface area contributed by atoms with Crippen LogP contribution in [0.25, 0.3) is 0 Å². The molecule has 98 valence electrons. The highest BCUT2D eigenvalue weighted by atomic mass is 19.4. The quantitative estimate of drug-likeness (QED) is 0.896. The molecular weight excluding hydrogens is 233 g/mol. The zero-order valence-corrected chi connectivity index (χ0v) is 10.4. The van der Waals surface area contributed by atoms with Crippen LogP contribution in [0.4, 0.5) is 13.2 Å². The zero-order chi connectivity index (χ0) is 13.3. The monoisotopic (exact) mass is 250 g/mol. The van der Waals surface area contributed by atoms with Crippen molar-refractivity contribution in [1.82, 2.24) is 10.3 Å². The summed E-state index contributed by atoms with van der Waals surface area (Å²) in [4.78, 5) is 3.59. The van der Waals surface area contributed by atoms with Gasteiger partial charge in [-0.05, 0) is 7.05 Å². The van der Waals surface area contributed by atoms with E-state index in [2.05, 4.69) is 10.3 Å². The van der Waals surface area contributed by atoms with Crippen molar-refractivity contribution in [2.24, 2.45) is 0 Å². The smallest absolute Gasteiger partial charge is 0.438 e. The first kappa shape index (κ1) is 14.0. The Kier molecular flexibility index (Phi) is 3.86. The van der Waals surface area contributed by atoms with Crippen molar-refractivity contribution < 1.29 is 17.6 Å². The fraction of sp³-hybridized carbons (Fsp3) is 0.727. The summed E-state index contributed by atoms with van der Waals surface area (Å²) in [6.07, 6.45) is -4.13. The molecule has 1 aromatic heterocycles. The van der Waals surface area contributed by atoms with Crippen molar-refractivity contribution in [2.75, 3.05) is 13.6 Å². The Morgan fingerprint density at radius 3 is 2.24 bits per heavy atom. The number of aromatic nitrogens is 1. The molecule has 17 heavy (non-hydrogen) atoms. The van der Waals surface area contributed by atoms with E-state index in [0.29, 0.717) is 24.4 Å². The molecule has 0 fully saturated rings. The van der Waals surface area contributed by atoms with E-state index < -0.39 is 17.5 Å². The second-order valence-corrected chi connectivity index (χ2v) is 4.89. The molecule has 1 rings (SSSR count). The Morgan fingerprint density at radius 2 is 1.82 bits per heavy atom. The molecule has 1 N–H and O–H groups in total. The maximum Gasteiger partial charge on any atom is 0.468 e. The van der Waals surface area contributed by atoms with Crippen LogP contribution in [0.15, 0.2) is 4.42 Å². The number of alkyl halides is 3. The molecule has 1 heterocycles. The Balaban J connectivity index is 3.13. The summed E-state index contributed by atoms with van der Waals surface area (Å²) in [6, 6.07) is 0. The van der Waals surface area contributed by atoms with E-state index in [-0.39, 0.29) is 0 Å². The van der Waals surface area contributed by atoms with E-state index in [1.807, 2.05) is 20.8 Å². The third-order valence-corrected chi connectivity index (χ3v) is 2.25. The van der Waals surface area contributed by atoms with Crippen LogP contribution in [-0.4, -0.2) is 18.6 Å². The number of likely N-dealkylation sites (N-methyl/N-ethyl adjacent to an activating group) is 1. The minimum absolute atomic E-state index is 0.305. The van der Waals surface area contributed by atoms with E-state index in [1.165, 1.54) is 0 Å². The first-order chi connectivity index (χ1) is 7.66. The molecule has 0 spiro atoms. The number of hydrogen-bond acceptors (Lipinski definition) is 3. The first-order valence-electron chi connectivity index (χ1n) is 5.38. The van der Waals surface area contributed by atoms with Gasteiger partial charge < -0.3 is 9.73 Å². The van der Waals surface area contributed by atoms with E-state index in [4.69, 9.17) is 4.42 Å². The third kappa shape index (κ3) is 3.46. The van der Waals surface area contributed by atoms with Crippen LogP contribution in [-0.2, 0) is 18.0 Å². The molecule has 0 aliphatic carbocycles. The molecule has 0 aromatic carbocycles. The van der Waals surface area contributed by atoms with Gasteiger partial charge in [0.15, 0.2) is 0 Å². The van der Waals surface area contributed by atoms with Gasteiger partial charge in [0.1, 0.15) is 5.76 Å². The predicted octanol–water partition coefficient (Wildman–Crippen LogP) is 2.75. The lowest BCUT2D eigenvalue weighted by Crippen LogP contribution is -2.17. The molecule has 3 nitrogen and oxygen atoms in total. The largest absolute Gasteiger partial charge is 0.468 e. The summed E-state index contributed by atoms with van der Waals surface area (Å²) in [5.74, 6) is -0.854. The van der Waals surface area contributed by atoms with Gasteiger partial charge in [0, 0.05) is 18.4 Å². The lowest BCUT2D eigenvalue weighted by molar-refractivity contribution is -0.157. The summed E-state index contributed by atoms with van der Waals surface area (Å²) in [5.41, 5.74) is -0.0872. The van der Waals surface area contributed by atoms with Crippen LogP contribution < -0.4 is 5.32 Å². The average Bonchev–Trinajstić information content (AvgIpc) is 2.56. The Morgan fingerprint density at radius 1 is 1.24 bits per heavy atom. The molecule has 0 aliphatic heterocycles. The molecule has 0 aliphatic rings. The Labute approximate surface area is 98.4 Å². The van der Waals surface area contributed by atoms with E-state index in [0.717, 1.165) is 0 Å². The van der Waals surface area contributed by atoms with Crippen molar-refractivity contribution in [3.05, 3.63) is 17.3 Å². The molecule has 0 unspecified atom stereocenters. The second-order valence-electron chi connectivity index (χ2n) is 4.89. The lowest BCUT2D eigenvalue weighted by atomic mass is 9.90. The van der Waals surface area contributed by atoms with Crippen molar-refractivity contribution in [3.8, 4) is 0 Å². The van der Waals surface area contributed by atoms with Crippen molar-refractivity contribution in [2.45, 2.75) is 38.8 Å². The standard InChI is InChI=1S/C11H17F3N2O/c1-10(2,3)8-7(5-6-15-4)17-9(16-8)11(12,13)14/h15H,5-6H2,1-4H3. The maximum absolute atomic E-state index is 12.5. The Bertz CT molecular complexity index is 377. The van der Waals surface area contributed by atoms with Gasteiger partial charge in [-0.15, -0.1) is 0 Å². The molecule has 0 amide bonds. The van der Waals surface area contributed by atoms with Crippen molar-refractivity contribution >= 4 is 0 Å². The topological polar surface area (TPSA) is 38.1 Å². The molecule has 6 heteroatoms. The number of hydrogen-bond donors (Lipinski definition) is 1. The minimum Gasteiger partial charge on any atom is -0.438 e. The average molecular weight is 250 g/mol. The molecule has 0 bridgehead atoms. The van der Waals surface area contributed by atoms with E-state index in [1.54, 1.807) is 7.05 Å². The van der Waals surface area contributed by atoms with Gasteiger partial charge in [0.05, 0.1) is 5.69 Å². The van der Waals surface area contributed by atoms with Gasteiger partial charge in [-0.25, -0.2) is 4.98 Å². The minimum atomic E-state index is -4.53. The molecule has 0 saturated carbocycles. The van der Waals surface area contributed by atoms with Crippen LogP contribution in [0.2, 0.25) is 0 Å². The summed E-state index contributed by atoms with van der Waals surface area (Å²) >= 11 is 0. The number of rotatable bonds is 3. The molecule has 0 radical (unpaired) electrons. The van der Waals surface area contributed by atoms with Crippen LogP contribution in [0.5, 0.6) is 0 Å². The highest BCUT2D eigenvalue weighted by molar-refractivity contribution is 5.20. The molecule has 1 aromatic rings. The zero-order valence-electron chi connectivity index (χ0n) is 10.4. The van der Waals surface area contributed by atoms with Crippen LogP contribution in [0.3, 0.4) is 0 Å².